The van der Waals surface area contributed by atoms with E-state index in [0.717, 1.165) is 5.46 Å². The molecule has 1 aliphatic rings. The van der Waals surface area contributed by atoms with E-state index in [0.29, 0.717) is 5.69 Å². The van der Waals surface area contributed by atoms with Gasteiger partial charge in [0.1, 0.15) is 11.8 Å². The molecule has 1 saturated heterocycles. The molecule has 1 aromatic heterocycles. The highest BCUT2D eigenvalue weighted by atomic mass is 16.7. The fourth-order valence-electron chi connectivity index (χ4n) is 1.41. The van der Waals surface area contributed by atoms with Crippen LogP contribution >= 0.6 is 0 Å². The first kappa shape index (κ1) is 10.2. The zero-order valence-electron chi connectivity index (χ0n) is 8.68. The minimum Gasteiger partial charge on any atom is -0.402 e. The summed E-state index contributed by atoms with van der Waals surface area (Å²) in [6.07, 6.45) is 1.80. The Labute approximate surface area is 89.0 Å². The summed E-state index contributed by atoms with van der Waals surface area (Å²) in [5, 5.41) is 8.60. The fourth-order valence-corrected chi connectivity index (χ4v) is 1.41. The van der Waals surface area contributed by atoms with Crippen LogP contribution < -0.4 is 5.46 Å². The van der Waals surface area contributed by atoms with Gasteiger partial charge in [-0.15, -0.1) is 0 Å². The van der Waals surface area contributed by atoms with Crippen molar-refractivity contribution >= 4 is 12.6 Å². The molecule has 1 aromatic rings. The van der Waals surface area contributed by atoms with Crippen LogP contribution in [0.3, 0.4) is 0 Å². The summed E-state index contributed by atoms with van der Waals surface area (Å²) in [5.74, 6) is 0. The molecule has 4 nitrogen and oxygen atoms in total. The van der Waals surface area contributed by atoms with Crippen molar-refractivity contribution in [3.63, 3.8) is 0 Å². The Morgan fingerprint density at radius 3 is 2.47 bits per heavy atom. The first-order chi connectivity index (χ1) is 7.20. The highest BCUT2D eigenvalue weighted by Crippen LogP contribution is 2.15. The molecule has 0 radical (unpaired) electrons. The van der Waals surface area contributed by atoms with Crippen molar-refractivity contribution < 1.29 is 9.31 Å². The molecule has 0 bridgehead atoms. The Bertz CT molecular complexity index is 377. The second-order valence-corrected chi connectivity index (χ2v) is 3.60. The van der Waals surface area contributed by atoms with E-state index in [4.69, 9.17) is 14.6 Å². The SMILES string of the molecule is CC1OB(c2ccc(C#N)nc2)OC1C. The van der Waals surface area contributed by atoms with E-state index in [2.05, 4.69) is 4.98 Å². The summed E-state index contributed by atoms with van der Waals surface area (Å²) in [5.41, 5.74) is 1.25. The van der Waals surface area contributed by atoms with Gasteiger partial charge in [0.25, 0.3) is 0 Å². The van der Waals surface area contributed by atoms with Crippen LogP contribution in [0.2, 0.25) is 0 Å². The van der Waals surface area contributed by atoms with Crippen molar-refractivity contribution in [2.45, 2.75) is 26.1 Å². The number of aromatic nitrogens is 1. The molecule has 2 unspecified atom stereocenters. The molecular formula is C10H11BN2O2. The van der Waals surface area contributed by atoms with Crippen LogP contribution in [0.15, 0.2) is 18.3 Å². The van der Waals surface area contributed by atoms with E-state index in [1.807, 2.05) is 19.9 Å². The van der Waals surface area contributed by atoms with Crippen LogP contribution in [0.5, 0.6) is 0 Å². The maximum atomic E-state index is 8.60. The molecule has 0 spiro atoms. The van der Waals surface area contributed by atoms with Crippen molar-refractivity contribution in [3.8, 4) is 6.07 Å². The molecular weight excluding hydrogens is 191 g/mol. The molecule has 1 fully saturated rings. The molecule has 76 valence electrons. The van der Waals surface area contributed by atoms with Gasteiger partial charge in [0.15, 0.2) is 0 Å². The average Bonchev–Trinajstić information content (AvgIpc) is 2.59. The zero-order valence-corrected chi connectivity index (χ0v) is 8.68. The normalized spacial score (nSPS) is 25.3. The quantitative estimate of drug-likeness (QED) is 0.621. The summed E-state index contributed by atoms with van der Waals surface area (Å²) in [4.78, 5) is 3.97. The van der Waals surface area contributed by atoms with Crippen LogP contribution in [-0.4, -0.2) is 24.3 Å². The van der Waals surface area contributed by atoms with Crippen molar-refractivity contribution in [2.24, 2.45) is 0 Å². The average molecular weight is 202 g/mol. The van der Waals surface area contributed by atoms with Crippen molar-refractivity contribution in [1.82, 2.24) is 4.98 Å². The summed E-state index contributed by atoms with van der Waals surface area (Å²) in [7, 11) is -0.352. The summed E-state index contributed by atoms with van der Waals surface area (Å²) in [6.45, 7) is 3.95. The summed E-state index contributed by atoms with van der Waals surface area (Å²) in [6, 6.07) is 5.44. The largest absolute Gasteiger partial charge is 0.496 e. The predicted octanol–water partition coefficient (Wildman–Crippen LogP) is 0.472. The molecule has 0 aliphatic carbocycles. The van der Waals surface area contributed by atoms with Gasteiger partial charge < -0.3 is 9.31 Å². The molecule has 0 aromatic carbocycles. The number of pyridine rings is 1. The zero-order chi connectivity index (χ0) is 10.8. The Kier molecular flexibility index (Phi) is 2.71. The smallest absolute Gasteiger partial charge is 0.402 e. The highest BCUT2D eigenvalue weighted by Gasteiger charge is 2.35. The van der Waals surface area contributed by atoms with Crippen LogP contribution in [-0.2, 0) is 9.31 Å². The Hall–Kier alpha value is -1.38. The Morgan fingerprint density at radius 1 is 1.33 bits per heavy atom. The number of rotatable bonds is 1. The molecule has 0 saturated carbocycles. The van der Waals surface area contributed by atoms with E-state index in [1.54, 1.807) is 18.3 Å². The van der Waals surface area contributed by atoms with E-state index in [9.17, 15) is 0 Å². The number of nitrogens with zero attached hydrogens (tertiary/aromatic N) is 2. The molecule has 0 N–H and O–H groups in total. The topological polar surface area (TPSA) is 55.1 Å². The van der Waals surface area contributed by atoms with Gasteiger partial charge >= 0.3 is 7.12 Å². The lowest BCUT2D eigenvalue weighted by Gasteiger charge is -2.04. The standard InChI is InChI=1S/C10H11BN2O2/c1-7-8(2)15-11(14-7)9-3-4-10(5-12)13-6-9/h3-4,6-8H,1-2H3. The number of nitriles is 1. The molecule has 2 heterocycles. The maximum absolute atomic E-state index is 8.60. The number of hydrogen-bond donors (Lipinski definition) is 0. The molecule has 5 heteroatoms. The van der Waals surface area contributed by atoms with Gasteiger partial charge in [-0.05, 0) is 19.9 Å². The van der Waals surface area contributed by atoms with Crippen LogP contribution in [0.25, 0.3) is 0 Å². The fraction of sp³-hybridized carbons (Fsp3) is 0.400. The van der Waals surface area contributed by atoms with Crippen molar-refractivity contribution in [1.29, 1.82) is 5.26 Å². The third-order valence-corrected chi connectivity index (χ3v) is 2.51. The van der Waals surface area contributed by atoms with Gasteiger partial charge in [-0.2, -0.15) is 5.26 Å². The first-order valence-electron chi connectivity index (χ1n) is 4.87. The lowest BCUT2D eigenvalue weighted by Crippen LogP contribution is -2.32. The molecule has 1 aliphatic heterocycles. The van der Waals surface area contributed by atoms with Gasteiger partial charge in [-0.3, -0.25) is 0 Å². The van der Waals surface area contributed by atoms with Crippen molar-refractivity contribution in [3.05, 3.63) is 24.0 Å². The lowest BCUT2D eigenvalue weighted by molar-refractivity contribution is 0.187. The Balaban J connectivity index is 2.14. The van der Waals surface area contributed by atoms with Crippen LogP contribution in [0.1, 0.15) is 19.5 Å². The first-order valence-corrected chi connectivity index (χ1v) is 4.87. The van der Waals surface area contributed by atoms with E-state index in [1.165, 1.54) is 0 Å². The van der Waals surface area contributed by atoms with Gasteiger partial charge in [0, 0.05) is 11.7 Å². The molecule has 2 atom stereocenters. The second-order valence-electron chi connectivity index (χ2n) is 3.60. The second kappa shape index (κ2) is 4.01. The number of hydrogen-bond acceptors (Lipinski definition) is 4. The summed E-state index contributed by atoms with van der Waals surface area (Å²) < 4.78 is 11.2. The minimum atomic E-state index is -0.352. The lowest BCUT2D eigenvalue weighted by atomic mass is 9.80. The molecule has 15 heavy (non-hydrogen) atoms. The predicted molar refractivity (Wildman–Crippen MR) is 55.4 cm³/mol. The van der Waals surface area contributed by atoms with Gasteiger partial charge in [0.05, 0.1) is 12.2 Å². The van der Waals surface area contributed by atoms with Crippen molar-refractivity contribution in [2.75, 3.05) is 0 Å². The van der Waals surface area contributed by atoms with Gasteiger partial charge in [-0.1, -0.05) is 6.07 Å². The molecule has 0 amide bonds. The maximum Gasteiger partial charge on any atom is 0.496 e. The van der Waals surface area contributed by atoms with Gasteiger partial charge in [-0.25, -0.2) is 4.98 Å². The van der Waals surface area contributed by atoms with Gasteiger partial charge in [0.2, 0.25) is 0 Å². The van der Waals surface area contributed by atoms with E-state index in [-0.39, 0.29) is 19.3 Å². The van der Waals surface area contributed by atoms with E-state index >= 15 is 0 Å². The highest BCUT2D eigenvalue weighted by molar-refractivity contribution is 6.61. The monoisotopic (exact) mass is 202 g/mol. The third-order valence-electron chi connectivity index (χ3n) is 2.51. The van der Waals surface area contributed by atoms with E-state index < -0.39 is 0 Å². The van der Waals surface area contributed by atoms with Crippen LogP contribution in [0, 0.1) is 11.3 Å². The Morgan fingerprint density at radius 2 is 2.00 bits per heavy atom. The summed E-state index contributed by atoms with van der Waals surface area (Å²) >= 11 is 0. The van der Waals surface area contributed by atoms with Crippen LogP contribution in [0.4, 0.5) is 0 Å². The third kappa shape index (κ3) is 2.01. The molecule has 2 rings (SSSR count). The minimum absolute atomic E-state index is 0.0886.